The lowest BCUT2D eigenvalue weighted by Gasteiger charge is -2.33. The first-order valence-corrected chi connectivity index (χ1v) is 6.05. The lowest BCUT2D eigenvalue weighted by Crippen LogP contribution is -2.42. The van der Waals surface area contributed by atoms with Crippen LogP contribution in [0.15, 0.2) is 30.3 Å². The highest BCUT2D eigenvalue weighted by molar-refractivity contribution is 5.72. The van der Waals surface area contributed by atoms with Gasteiger partial charge >= 0.3 is 5.97 Å². The zero-order valence-electron chi connectivity index (χ0n) is 10.7. The van der Waals surface area contributed by atoms with Crippen molar-refractivity contribution in [1.82, 2.24) is 0 Å². The number of esters is 1. The van der Waals surface area contributed by atoms with Gasteiger partial charge in [0.2, 0.25) is 0 Å². The van der Waals surface area contributed by atoms with Crippen LogP contribution < -0.4 is 0 Å². The normalized spacial score (nSPS) is 19.4. The van der Waals surface area contributed by atoms with Gasteiger partial charge in [0.05, 0.1) is 13.2 Å². The Hall–Kier alpha value is -1.39. The third-order valence-electron chi connectivity index (χ3n) is 2.82. The molecule has 0 unspecified atom stereocenters. The lowest BCUT2D eigenvalue weighted by molar-refractivity contribution is -0.262. The van der Waals surface area contributed by atoms with Crippen LogP contribution in [0.4, 0.5) is 0 Å². The second-order valence-corrected chi connectivity index (χ2v) is 4.81. The first kappa shape index (κ1) is 13.1. The highest BCUT2D eigenvalue weighted by Gasteiger charge is 2.32. The van der Waals surface area contributed by atoms with Crippen molar-refractivity contribution in [3.05, 3.63) is 35.9 Å². The molecule has 2 rings (SSSR count). The smallest absolute Gasteiger partial charge is 0.313 e. The summed E-state index contributed by atoms with van der Waals surface area (Å²) in [6.45, 7) is 4.65. The third kappa shape index (κ3) is 3.55. The van der Waals surface area contributed by atoms with E-state index in [4.69, 9.17) is 14.2 Å². The molecule has 0 amide bonds. The summed E-state index contributed by atoms with van der Waals surface area (Å²) in [6, 6.07) is 9.60. The molecule has 1 aromatic rings. The van der Waals surface area contributed by atoms with E-state index in [0.29, 0.717) is 19.8 Å². The van der Waals surface area contributed by atoms with Crippen LogP contribution in [0.1, 0.15) is 19.4 Å². The lowest BCUT2D eigenvalue weighted by atomic mass is 10.1. The molecule has 98 valence electrons. The average molecular weight is 250 g/mol. The van der Waals surface area contributed by atoms with Crippen molar-refractivity contribution in [2.45, 2.75) is 26.2 Å². The predicted molar refractivity (Wildman–Crippen MR) is 65.7 cm³/mol. The molecule has 4 heteroatoms. The number of benzene rings is 1. The van der Waals surface area contributed by atoms with E-state index >= 15 is 0 Å². The Balaban J connectivity index is 1.79. The molecule has 18 heavy (non-hydrogen) atoms. The van der Waals surface area contributed by atoms with Crippen molar-refractivity contribution in [2.75, 3.05) is 13.2 Å². The molecule has 1 fully saturated rings. The van der Waals surface area contributed by atoms with Gasteiger partial charge in [-0.1, -0.05) is 30.3 Å². The monoisotopic (exact) mass is 250 g/mol. The molecule has 0 spiro atoms. The van der Waals surface area contributed by atoms with Gasteiger partial charge in [-0.3, -0.25) is 4.79 Å². The van der Waals surface area contributed by atoms with E-state index in [1.165, 1.54) is 0 Å². The minimum Gasteiger partial charge on any atom is -0.460 e. The average Bonchev–Trinajstić information content (AvgIpc) is 2.37. The molecule has 1 heterocycles. The van der Waals surface area contributed by atoms with Crippen LogP contribution in [-0.2, 0) is 25.6 Å². The van der Waals surface area contributed by atoms with Crippen LogP contribution in [0.3, 0.4) is 0 Å². The summed E-state index contributed by atoms with van der Waals surface area (Å²) >= 11 is 0. The Morgan fingerprint density at radius 2 is 1.89 bits per heavy atom. The highest BCUT2D eigenvalue weighted by Crippen LogP contribution is 2.21. The predicted octanol–water partition coefficient (Wildman–Crippen LogP) is 2.13. The second kappa shape index (κ2) is 5.50. The Labute approximate surface area is 107 Å². The minimum absolute atomic E-state index is 0.269. The molecule has 1 aliphatic heterocycles. The fourth-order valence-corrected chi connectivity index (χ4v) is 1.67. The molecule has 0 aliphatic carbocycles. The van der Waals surface area contributed by atoms with E-state index in [0.717, 1.165) is 5.56 Å². The Kier molecular flexibility index (Phi) is 3.99. The molecule has 4 nitrogen and oxygen atoms in total. The van der Waals surface area contributed by atoms with Crippen molar-refractivity contribution in [2.24, 2.45) is 5.92 Å². The molecule has 1 saturated heterocycles. The summed E-state index contributed by atoms with van der Waals surface area (Å²) in [5.74, 6) is -1.20. The van der Waals surface area contributed by atoms with Gasteiger partial charge < -0.3 is 14.2 Å². The second-order valence-electron chi connectivity index (χ2n) is 4.81. The maximum Gasteiger partial charge on any atom is 0.313 e. The van der Waals surface area contributed by atoms with Crippen molar-refractivity contribution >= 4 is 5.97 Å². The molecule has 0 aromatic heterocycles. The van der Waals surface area contributed by atoms with Crippen molar-refractivity contribution in [3.63, 3.8) is 0 Å². The van der Waals surface area contributed by atoms with Crippen LogP contribution in [-0.4, -0.2) is 25.0 Å². The molecular formula is C14H18O4. The fraction of sp³-hybridized carbons (Fsp3) is 0.500. The standard InChI is InChI=1S/C14H18O4/c1-14(2)17-9-12(10-18-14)13(15)16-8-11-6-4-3-5-7-11/h3-7,12H,8-10H2,1-2H3. The summed E-state index contributed by atoms with van der Waals surface area (Å²) in [5, 5.41) is 0. The topological polar surface area (TPSA) is 44.8 Å². The molecule has 1 aliphatic rings. The first-order valence-electron chi connectivity index (χ1n) is 6.05. The highest BCUT2D eigenvalue weighted by atomic mass is 16.7. The largest absolute Gasteiger partial charge is 0.460 e. The summed E-state index contributed by atoms with van der Waals surface area (Å²) in [4.78, 5) is 11.8. The van der Waals surface area contributed by atoms with E-state index in [-0.39, 0.29) is 11.9 Å². The summed E-state index contributed by atoms with van der Waals surface area (Å²) in [6.07, 6.45) is 0. The van der Waals surface area contributed by atoms with Gasteiger partial charge in [-0.15, -0.1) is 0 Å². The molecular weight excluding hydrogens is 232 g/mol. The van der Waals surface area contributed by atoms with Crippen LogP contribution in [0.5, 0.6) is 0 Å². The summed E-state index contributed by atoms with van der Waals surface area (Å²) in [5.41, 5.74) is 0.976. The fourth-order valence-electron chi connectivity index (χ4n) is 1.67. The van der Waals surface area contributed by atoms with Crippen LogP contribution in [0.25, 0.3) is 0 Å². The quantitative estimate of drug-likeness (QED) is 0.771. The van der Waals surface area contributed by atoms with Crippen molar-refractivity contribution < 1.29 is 19.0 Å². The summed E-state index contributed by atoms with van der Waals surface area (Å²) in [7, 11) is 0. The van der Waals surface area contributed by atoms with Gasteiger partial charge in [0, 0.05) is 0 Å². The van der Waals surface area contributed by atoms with Crippen LogP contribution in [0.2, 0.25) is 0 Å². The van der Waals surface area contributed by atoms with Gasteiger partial charge in [0.25, 0.3) is 0 Å². The number of carbonyl (C=O) groups excluding carboxylic acids is 1. The first-order chi connectivity index (χ1) is 8.57. The van der Waals surface area contributed by atoms with Crippen molar-refractivity contribution in [3.8, 4) is 0 Å². The zero-order valence-corrected chi connectivity index (χ0v) is 10.7. The Bertz CT molecular complexity index is 390. The Morgan fingerprint density at radius 3 is 2.50 bits per heavy atom. The number of hydrogen-bond acceptors (Lipinski definition) is 4. The maximum atomic E-state index is 11.8. The van der Waals surface area contributed by atoms with Gasteiger partial charge in [0.15, 0.2) is 5.79 Å². The molecule has 0 radical (unpaired) electrons. The molecule has 0 bridgehead atoms. The Morgan fingerprint density at radius 1 is 1.28 bits per heavy atom. The number of hydrogen-bond donors (Lipinski definition) is 0. The number of ether oxygens (including phenoxy) is 3. The molecule has 1 aromatic carbocycles. The van der Waals surface area contributed by atoms with E-state index < -0.39 is 5.79 Å². The van der Waals surface area contributed by atoms with E-state index in [9.17, 15) is 4.79 Å². The number of carbonyl (C=O) groups is 1. The van der Waals surface area contributed by atoms with Gasteiger partial charge in [0.1, 0.15) is 12.5 Å². The van der Waals surface area contributed by atoms with Crippen LogP contribution in [0, 0.1) is 5.92 Å². The van der Waals surface area contributed by atoms with Crippen LogP contribution >= 0.6 is 0 Å². The zero-order chi connectivity index (χ0) is 13.0. The van der Waals surface area contributed by atoms with E-state index in [2.05, 4.69) is 0 Å². The van der Waals surface area contributed by atoms with Crippen molar-refractivity contribution in [1.29, 1.82) is 0 Å². The molecule has 0 saturated carbocycles. The summed E-state index contributed by atoms with van der Waals surface area (Å²) < 4.78 is 16.1. The SMILES string of the molecule is CC1(C)OCC(C(=O)OCc2ccccc2)CO1. The van der Waals surface area contributed by atoms with Gasteiger partial charge in [-0.05, 0) is 19.4 Å². The van der Waals surface area contributed by atoms with E-state index in [1.54, 1.807) is 0 Å². The minimum atomic E-state index is -0.601. The molecule has 0 atom stereocenters. The molecule has 0 N–H and O–H groups in total. The van der Waals surface area contributed by atoms with E-state index in [1.807, 2.05) is 44.2 Å². The van der Waals surface area contributed by atoms with Gasteiger partial charge in [-0.25, -0.2) is 0 Å². The van der Waals surface area contributed by atoms with Gasteiger partial charge in [-0.2, -0.15) is 0 Å². The third-order valence-corrected chi connectivity index (χ3v) is 2.82. The number of rotatable bonds is 3. The maximum absolute atomic E-state index is 11.8.